The lowest BCUT2D eigenvalue weighted by Gasteiger charge is -2.07. The van der Waals surface area contributed by atoms with E-state index < -0.39 is 5.82 Å². The first-order valence-corrected chi connectivity index (χ1v) is 7.23. The first-order valence-electron chi connectivity index (χ1n) is 6.41. The molecular formula is C15H12F2N2OS. The molecule has 3 aromatic rings. The second kappa shape index (κ2) is 5.65. The van der Waals surface area contributed by atoms with Gasteiger partial charge in [0.2, 0.25) is 0 Å². The van der Waals surface area contributed by atoms with Crippen molar-refractivity contribution in [2.75, 3.05) is 11.9 Å². The standard InChI is InChI=1S/C15H12F2N2OS/c1-2-20-13-6-4-10(8-11(13)17)18-15-19-12-5-3-9(16)7-14(12)21-15/h3-8H,2H2,1H3,(H,18,19). The number of ether oxygens (including phenoxy) is 1. The Morgan fingerprint density at radius 2 is 2.05 bits per heavy atom. The zero-order chi connectivity index (χ0) is 14.8. The summed E-state index contributed by atoms with van der Waals surface area (Å²) in [5, 5.41) is 3.59. The molecule has 3 nitrogen and oxygen atoms in total. The number of nitrogens with one attached hydrogen (secondary N) is 1. The van der Waals surface area contributed by atoms with E-state index in [2.05, 4.69) is 10.3 Å². The SMILES string of the molecule is CCOc1ccc(Nc2nc3ccc(F)cc3s2)cc1F. The van der Waals surface area contributed by atoms with Crippen LogP contribution in [0.25, 0.3) is 10.2 Å². The van der Waals surface area contributed by atoms with Crippen molar-refractivity contribution in [2.45, 2.75) is 6.92 Å². The third-order valence-corrected chi connectivity index (χ3v) is 3.77. The minimum Gasteiger partial charge on any atom is -0.491 e. The van der Waals surface area contributed by atoms with Crippen LogP contribution in [0.3, 0.4) is 0 Å². The van der Waals surface area contributed by atoms with Crippen LogP contribution in [0.15, 0.2) is 36.4 Å². The highest BCUT2D eigenvalue weighted by Crippen LogP contribution is 2.30. The third kappa shape index (κ3) is 2.95. The molecule has 0 fully saturated rings. The number of nitrogens with zero attached hydrogens (tertiary/aromatic N) is 1. The molecule has 0 aliphatic heterocycles. The first kappa shape index (κ1) is 13.8. The molecule has 1 heterocycles. The number of hydrogen-bond acceptors (Lipinski definition) is 4. The Balaban J connectivity index is 1.86. The van der Waals surface area contributed by atoms with Gasteiger partial charge in [-0.3, -0.25) is 0 Å². The molecular weight excluding hydrogens is 294 g/mol. The average molecular weight is 306 g/mol. The summed E-state index contributed by atoms with van der Waals surface area (Å²) in [6.45, 7) is 2.21. The fourth-order valence-corrected chi connectivity index (χ4v) is 2.84. The van der Waals surface area contributed by atoms with Gasteiger partial charge in [-0.2, -0.15) is 0 Å². The molecule has 0 radical (unpaired) electrons. The molecule has 0 unspecified atom stereocenters. The fraction of sp³-hybridized carbons (Fsp3) is 0.133. The molecule has 108 valence electrons. The van der Waals surface area contributed by atoms with Gasteiger partial charge in [-0.25, -0.2) is 13.8 Å². The van der Waals surface area contributed by atoms with E-state index in [0.717, 1.165) is 4.70 Å². The molecule has 0 amide bonds. The first-order chi connectivity index (χ1) is 10.2. The predicted octanol–water partition coefficient (Wildman–Crippen LogP) is 4.72. The van der Waals surface area contributed by atoms with E-state index in [1.807, 2.05) is 0 Å². The van der Waals surface area contributed by atoms with E-state index >= 15 is 0 Å². The molecule has 0 aliphatic rings. The molecule has 6 heteroatoms. The molecule has 21 heavy (non-hydrogen) atoms. The highest BCUT2D eigenvalue weighted by atomic mass is 32.1. The summed E-state index contributed by atoms with van der Waals surface area (Å²) in [6, 6.07) is 9.02. The quantitative estimate of drug-likeness (QED) is 0.757. The maximum Gasteiger partial charge on any atom is 0.188 e. The van der Waals surface area contributed by atoms with Crippen molar-refractivity contribution in [2.24, 2.45) is 0 Å². The van der Waals surface area contributed by atoms with Gasteiger partial charge in [0.15, 0.2) is 16.7 Å². The zero-order valence-corrected chi connectivity index (χ0v) is 12.0. The van der Waals surface area contributed by atoms with E-state index in [1.165, 1.54) is 29.5 Å². The molecule has 0 atom stereocenters. The van der Waals surface area contributed by atoms with Gasteiger partial charge in [0.1, 0.15) is 5.82 Å². The Hall–Kier alpha value is -2.21. The van der Waals surface area contributed by atoms with Crippen LogP contribution in [-0.2, 0) is 0 Å². The number of anilines is 2. The minimum atomic E-state index is -0.436. The number of rotatable bonds is 4. The Kier molecular flexibility index (Phi) is 3.70. The van der Waals surface area contributed by atoms with Crippen LogP contribution in [0.4, 0.5) is 19.6 Å². The van der Waals surface area contributed by atoms with E-state index in [4.69, 9.17) is 4.74 Å². The predicted molar refractivity (Wildman–Crippen MR) is 80.4 cm³/mol. The molecule has 1 aromatic heterocycles. The van der Waals surface area contributed by atoms with Crippen molar-refractivity contribution >= 4 is 32.4 Å². The molecule has 0 aliphatic carbocycles. The molecule has 0 spiro atoms. The molecule has 0 saturated heterocycles. The van der Waals surface area contributed by atoms with Crippen molar-refractivity contribution in [3.8, 4) is 5.75 Å². The van der Waals surface area contributed by atoms with Crippen molar-refractivity contribution in [3.63, 3.8) is 0 Å². The fourth-order valence-electron chi connectivity index (χ4n) is 1.93. The van der Waals surface area contributed by atoms with Crippen molar-refractivity contribution in [1.82, 2.24) is 4.98 Å². The van der Waals surface area contributed by atoms with Gasteiger partial charge in [-0.15, -0.1) is 0 Å². The van der Waals surface area contributed by atoms with E-state index in [-0.39, 0.29) is 11.6 Å². The third-order valence-electron chi connectivity index (χ3n) is 2.83. The average Bonchev–Trinajstić information content (AvgIpc) is 2.83. The summed E-state index contributed by atoms with van der Waals surface area (Å²) in [7, 11) is 0. The Morgan fingerprint density at radius 1 is 1.19 bits per heavy atom. The lowest BCUT2D eigenvalue weighted by atomic mass is 10.3. The number of hydrogen-bond donors (Lipinski definition) is 1. The van der Waals surface area contributed by atoms with Crippen LogP contribution in [0.1, 0.15) is 6.92 Å². The Labute approximate surface area is 124 Å². The smallest absolute Gasteiger partial charge is 0.188 e. The summed E-state index contributed by atoms with van der Waals surface area (Å²) in [5.41, 5.74) is 1.27. The second-order valence-electron chi connectivity index (χ2n) is 4.33. The van der Waals surface area contributed by atoms with E-state index in [9.17, 15) is 8.78 Å². The summed E-state index contributed by atoms with van der Waals surface area (Å²) in [5.74, 6) is -0.520. The van der Waals surface area contributed by atoms with Crippen LogP contribution in [0.5, 0.6) is 5.75 Å². The van der Waals surface area contributed by atoms with Crippen LogP contribution < -0.4 is 10.1 Å². The van der Waals surface area contributed by atoms with Crippen molar-refractivity contribution in [3.05, 3.63) is 48.0 Å². The van der Waals surface area contributed by atoms with Gasteiger partial charge in [0.05, 0.1) is 16.8 Å². The maximum atomic E-state index is 13.8. The molecule has 1 N–H and O–H groups in total. The molecule has 0 saturated carbocycles. The lowest BCUT2D eigenvalue weighted by Crippen LogP contribution is -1.96. The lowest BCUT2D eigenvalue weighted by molar-refractivity contribution is 0.321. The highest BCUT2D eigenvalue weighted by molar-refractivity contribution is 7.22. The summed E-state index contributed by atoms with van der Waals surface area (Å²) < 4.78 is 32.8. The van der Waals surface area contributed by atoms with Gasteiger partial charge in [0.25, 0.3) is 0 Å². The van der Waals surface area contributed by atoms with Crippen molar-refractivity contribution < 1.29 is 13.5 Å². The summed E-state index contributed by atoms with van der Waals surface area (Å²) >= 11 is 1.31. The summed E-state index contributed by atoms with van der Waals surface area (Å²) in [4.78, 5) is 4.32. The van der Waals surface area contributed by atoms with Gasteiger partial charge in [-0.05, 0) is 37.3 Å². The van der Waals surface area contributed by atoms with Crippen LogP contribution in [0, 0.1) is 11.6 Å². The largest absolute Gasteiger partial charge is 0.491 e. The molecule has 2 aromatic carbocycles. The minimum absolute atomic E-state index is 0.217. The highest BCUT2D eigenvalue weighted by Gasteiger charge is 2.08. The number of halogens is 2. The van der Waals surface area contributed by atoms with Crippen LogP contribution >= 0.6 is 11.3 Å². The number of fused-ring (bicyclic) bond motifs is 1. The Bertz CT molecular complexity index is 788. The zero-order valence-electron chi connectivity index (χ0n) is 11.2. The molecule has 0 bridgehead atoms. The van der Waals surface area contributed by atoms with Crippen LogP contribution in [0.2, 0.25) is 0 Å². The van der Waals surface area contributed by atoms with E-state index in [1.54, 1.807) is 25.1 Å². The normalized spacial score (nSPS) is 10.8. The van der Waals surface area contributed by atoms with Gasteiger partial charge >= 0.3 is 0 Å². The number of thiazole rings is 1. The van der Waals surface area contributed by atoms with Gasteiger partial charge in [0, 0.05) is 11.8 Å². The maximum absolute atomic E-state index is 13.8. The van der Waals surface area contributed by atoms with E-state index in [0.29, 0.717) is 22.9 Å². The number of aromatic nitrogens is 1. The second-order valence-corrected chi connectivity index (χ2v) is 5.36. The van der Waals surface area contributed by atoms with Crippen LogP contribution in [-0.4, -0.2) is 11.6 Å². The topological polar surface area (TPSA) is 34.1 Å². The van der Waals surface area contributed by atoms with Crippen molar-refractivity contribution in [1.29, 1.82) is 0 Å². The summed E-state index contributed by atoms with van der Waals surface area (Å²) in [6.07, 6.45) is 0. The van der Waals surface area contributed by atoms with Gasteiger partial charge < -0.3 is 10.1 Å². The number of benzene rings is 2. The van der Waals surface area contributed by atoms with Gasteiger partial charge in [-0.1, -0.05) is 11.3 Å². The Morgan fingerprint density at radius 3 is 2.81 bits per heavy atom. The molecule has 3 rings (SSSR count). The monoisotopic (exact) mass is 306 g/mol.